The van der Waals surface area contributed by atoms with Crippen LogP contribution < -0.4 is 5.32 Å². The first-order valence-corrected chi connectivity index (χ1v) is 6.95. The highest BCUT2D eigenvalue weighted by atomic mass is 32.1. The average Bonchev–Trinajstić information content (AvgIpc) is 2.88. The van der Waals surface area contributed by atoms with Gasteiger partial charge in [-0.2, -0.15) is 11.3 Å². The Bertz CT molecular complexity index is 517. The molecule has 1 aromatic carbocycles. The number of rotatable bonds is 5. The summed E-state index contributed by atoms with van der Waals surface area (Å²) in [6, 6.07) is 3.84. The van der Waals surface area contributed by atoms with Gasteiger partial charge in [-0.05, 0) is 53.1 Å². The normalized spacial score (nSPS) is 12.6. The summed E-state index contributed by atoms with van der Waals surface area (Å²) in [5.74, 6) is -3.72. The quantitative estimate of drug-likeness (QED) is 0.817. The highest BCUT2D eigenvalue weighted by molar-refractivity contribution is 7.07. The third-order valence-electron chi connectivity index (χ3n) is 2.88. The standard InChI is InChI=1S/C14H14F3NS/c1-2-18-13(5-9-3-4-19-8-9)10-6-11(15)14(17)12(16)7-10/h3-4,6-8,13,18H,2,5H2,1H3. The lowest BCUT2D eigenvalue weighted by Gasteiger charge is -2.18. The fourth-order valence-electron chi connectivity index (χ4n) is 1.98. The second-order valence-electron chi connectivity index (χ2n) is 4.24. The van der Waals surface area contributed by atoms with Crippen LogP contribution in [0.25, 0.3) is 0 Å². The van der Waals surface area contributed by atoms with Crippen molar-refractivity contribution in [3.05, 3.63) is 57.5 Å². The van der Waals surface area contributed by atoms with Gasteiger partial charge in [0, 0.05) is 6.04 Å². The van der Waals surface area contributed by atoms with Crippen LogP contribution in [0.5, 0.6) is 0 Å². The smallest absolute Gasteiger partial charge is 0.194 e. The minimum Gasteiger partial charge on any atom is -0.310 e. The molecular weight excluding hydrogens is 271 g/mol. The van der Waals surface area contributed by atoms with E-state index in [4.69, 9.17) is 0 Å². The van der Waals surface area contributed by atoms with Gasteiger partial charge in [0.05, 0.1) is 0 Å². The topological polar surface area (TPSA) is 12.0 Å². The van der Waals surface area contributed by atoms with Crippen LogP contribution in [0.4, 0.5) is 13.2 Å². The van der Waals surface area contributed by atoms with Crippen molar-refractivity contribution in [3.8, 4) is 0 Å². The number of thiophene rings is 1. The first-order chi connectivity index (χ1) is 9.11. The lowest BCUT2D eigenvalue weighted by atomic mass is 10.00. The fraction of sp³-hybridized carbons (Fsp3) is 0.286. The van der Waals surface area contributed by atoms with E-state index in [0.717, 1.165) is 17.7 Å². The van der Waals surface area contributed by atoms with Crippen LogP contribution in [0.2, 0.25) is 0 Å². The van der Waals surface area contributed by atoms with Crippen molar-refractivity contribution in [1.29, 1.82) is 0 Å². The minimum atomic E-state index is -1.42. The SMILES string of the molecule is CCNC(Cc1ccsc1)c1cc(F)c(F)c(F)c1. The number of nitrogens with one attached hydrogen (secondary N) is 1. The van der Waals surface area contributed by atoms with Crippen molar-refractivity contribution in [3.63, 3.8) is 0 Å². The first-order valence-electron chi connectivity index (χ1n) is 6.00. The molecule has 1 nitrogen and oxygen atoms in total. The number of hydrogen-bond donors (Lipinski definition) is 1. The summed E-state index contributed by atoms with van der Waals surface area (Å²) >= 11 is 1.57. The first kappa shape index (κ1) is 14.1. The molecule has 0 bridgehead atoms. The molecule has 2 rings (SSSR count). The number of likely N-dealkylation sites (N-methyl/N-ethyl adjacent to an activating group) is 1. The van der Waals surface area contributed by atoms with Gasteiger partial charge in [0.15, 0.2) is 17.5 Å². The molecule has 0 aliphatic heterocycles. The van der Waals surface area contributed by atoms with Crippen LogP contribution in [0.1, 0.15) is 24.1 Å². The van der Waals surface area contributed by atoms with E-state index in [1.165, 1.54) is 0 Å². The van der Waals surface area contributed by atoms with E-state index in [1.807, 2.05) is 23.8 Å². The van der Waals surface area contributed by atoms with Crippen molar-refractivity contribution in [2.45, 2.75) is 19.4 Å². The van der Waals surface area contributed by atoms with Gasteiger partial charge in [-0.25, -0.2) is 13.2 Å². The monoisotopic (exact) mass is 285 g/mol. The van der Waals surface area contributed by atoms with E-state index in [2.05, 4.69) is 5.32 Å². The van der Waals surface area contributed by atoms with E-state index in [0.29, 0.717) is 18.5 Å². The summed E-state index contributed by atoms with van der Waals surface area (Å²) in [6.07, 6.45) is 0.613. The molecule has 1 aromatic heterocycles. The van der Waals surface area contributed by atoms with Crippen LogP contribution in [-0.2, 0) is 6.42 Å². The molecule has 0 amide bonds. The van der Waals surface area contributed by atoms with Crippen molar-refractivity contribution < 1.29 is 13.2 Å². The van der Waals surface area contributed by atoms with E-state index >= 15 is 0 Å². The maximum Gasteiger partial charge on any atom is 0.194 e. The van der Waals surface area contributed by atoms with Gasteiger partial charge >= 0.3 is 0 Å². The highest BCUT2D eigenvalue weighted by Gasteiger charge is 2.17. The van der Waals surface area contributed by atoms with Crippen LogP contribution in [0.3, 0.4) is 0 Å². The number of halogens is 3. The zero-order valence-electron chi connectivity index (χ0n) is 10.4. The molecule has 0 saturated carbocycles. The fourth-order valence-corrected chi connectivity index (χ4v) is 2.66. The summed E-state index contributed by atoms with van der Waals surface area (Å²) < 4.78 is 39.5. The molecule has 1 N–H and O–H groups in total. The summed E-state index contributed by atoms with van der Waals surface area (Å²) in [4.78, 5) is 0. The zero-order chi connectivity index (χ0) is 13.8. The predicted molar refractivity (Wildman–Crippen MR) is 70.8 cm³/mol. The molecule has 102 valence electrons. The molecule has 0 aliphatic carbocycles. The Morgan fingerprint density at radius 2 is 1.89 bits per heavy atom. The molecule has 0 saturated heterocycles. The molecular formula is C14H14F3NS. The molecule has 2 aromatic rings. The van der Waals surface area contributed by atoms with Crippen molar-refractivity contribution >= 4 is 11.3 Å². The zero-order valence-corrected chi connectivity index (χ0v) is 11.2. The maximum atomic E-state index is 13.3. The molecule has 0 aliphatic rings. The largest absolute Gasteiger partial charge is 0.310 e. The second-order valence-corrected chi connectivity index (χ2v) is 5.02. The van der Waals surface area contributed by atoms with Gasteiger partial charge in [0.1, 0.15) is 0 Å². The molecule has 19 heavy (non-hydrogen) atoms. The third-order valence-corrected chi connectivity index (χ3v) is 3.61. The molecule has 5 heteroatoms. The second kappa shape index (κ2) is 6.21. The van der Waals surface area contributed by atoms with E-state index < -0.39 is 17.5 Å². The van der Waals surface area contributed by atoms with E-state index in [1.54, 1.807) is 11.3 Å². The summed E-state index contributed by atoms with van der Waals surface area (Å²) in [6.45, 7) is 2.58. The average molecular weight is 285 g/mol. The summed E-state index contributed by atoms with van der Waals surface area (Å²) in [5, 5.41) is 7.10. The maximum absolute atomic E-state index is 13.3. The summed E-state index contributed by atoms with van der Waals surface area (Å²) in [7, 11) is 0. The number of benzene rings is 1. The molecule has 1 atom stereocenters. The van der Waals surface area contributed by atoms with Crippen molar-refractivity contribution in [2.75, 3.05) is 6.54 Å². The van der Waals surface area contributed by atoms with Gasteiger partial charge in [-0.1, -0.05) is 6.92 Å². The van der Waals surface area contributed by atoms with Gasteiger partial charge in [-0.15, -0.1) is 0 Å². The van der Waals surface area contributed by atoms with Crippen molar-refractivity contribution in [2.24, 2.45) is 0 Å². The highest BCUT2D eigenvalue weighted by Crippen LogP contribution is 2.23. The Balaban J connectivity index is 2.28. The van der Waals surface area contributed by atoms with Crippen molar-refractivity contribution in [1.82, 2.24) is 5.32 Å². The Hall–Kier alpha value is -1.33. The lowest BCUT2D eigenvalue weighted by Crippen LogP contribution is -2.23. The predicted octanol–water partition coefficient (Wildman–Crippen LogP) is 4.06. The molecule has 0 spiro atoms. The molecule has 0 fully saturated rings. The van der Waals surface area contributed by atoms with Crippen LogP contribution in [-0.4, -0.2) is 6.54 Å². The van der Waals surface area contributed by atoms with Crippen LogP contribution in [0, 0.1) is 17.5 Å². The lowest BCUT2D eigenvalue weighted by molar-refractivity contribution is 0.439. The minimum absolute atomic E-state index is 0.232. The van der Waals surface area contributed by atoms with E-state index in [9.17, 15) is 13.2 Å². The van der Waals surface area contributed by atoms with Gasteiger partial charge < -0.3 is 5.32 Å². The van der Waals surface area contributed by atoms with Gasteiger partial charge in [0.2, 0.25) is 0 Å². The summed E-state index contributed by atoms with van der Waals surface area (Å²) in [5.41, 5.74) is 1.51. The molecule has 0 radical (unpaired) electrons. The van der Waals surface area contributed by atoms with Gasteiger partial charge in [0.25, 0.3) is 0 Å². The Morgan fingerprint density at radius 3 is 2.42 bits per heavy atom. The van der Waals surface area contributed by atoms with E-state index in [-0.39, 0.29) is 6.04 Å². The Labute approximate surface area is 114 Å². The van der Waals surface area contributed by atoms with Crippen LogP contribution in [0.15, 0.2) is 29.0 Å². The number of hydrogen-bond acceptors (Lipinski definition) is 2. The molecule has 1 unspecified atom stereocenters. The van der Waals surface area contributed by atoms with Gasteiger partial charge in [-0.3, -0.25) is 0 Å². The Morgan fingerprint density at radius 1 is 1.21 bits per heavy atom. The molecule has 1 heterocycles. The third kappa shape index (κ3) is 3.36. The Kier molecular flexibility index (Phi) is 4.61. The van der Waals surface area contributed by atoms with Crippen LogP contribution >= 0.6 is 11.3 Å².